The molecular weight excluding hydrogens is 244 g/mol. The van der Waals surface area contributed by atoms with Gasteiger partial charge in [-0.05, 0) is 25.0 Å². The summed E-state index contributed by atoms with van der Waals surface area (Å²) in [6.45, 7) is 5.92. The molecule has 4 nitrogen and oxygen atoms in total. The molecule has 5 atom stereocenters. The lowest BCUT2D eigenvalue weighted by Crippen LogP contribution is -2.50. The molecule has 19 heavy (non-hydrogen) atoms. The highest BCUT2D eigenvalue weighted by Crippen LogP contribution is 2.31. The SMILES string of the molecule is CC1O[C@@H](O)C(OC(=O)c2ccccc2)[C@@H](C)[C@H]1C. The molecule has 1 heterocycles. The predicted molar refractivity (Wildman–Crippen MR) is 70.5 cm³/mol. The van der Waals surface area contributed by atoms with Crippen molar-refractivity contribution in [1.82, 2.24) is 0 Å². The normalized spacial score (nSPS) is 34.8. The van der Waals surface area contributed by atoms with Crippen LogP contribution in [0.1, 0.15) is 31.1 Å². The maximum atomic E-state index is 12.0. The van der Waals surface area contributed by atoms with E-state index < -0.39 is 18.4 Å². The molecule has 1 aliphatic heterocycles. The highest BCUT2D eigenvalue weighted by Gasteiger charge is 2.41. The van der Waals surface area contributed by atoms with E-state index in [4.69, 9.17) is 9.47 Å². The van der Waals surface area contributed by atoms with Crippen LogP contribution >= 0.6 is 0 Å². The van der Waals surface area contributed by atoms with Crippen molar-refractivity contribution < 1.29 is 19.4 Å². The van der Waals surface area contributed by atoms with Gasteiger partial charge in [0.15, 0.2) is 12.4 Å². The van der Waals surface area contributed by atoms with Crippen LogP contribution in [0.25, 0.3) is 0 Å². The van der Waals surface area contributed by atoms with E-state index in [9.17, 15) is 9.90 Å². The van der Waals surface area contributed by atoms with E-state index in [2.05, 4.69) is 0 Å². The zero-order valence-corrected chi connectivity index (χ0v) is 11.4. The smallest absolute Gasteiger partial charge is 0.338 e. The number of aliphatic hydroxyl groups excluding tert-OH is 1. The number of esters is 1. The molecule has 0 aromatic heterocycles. The number of hydrogen-bond donors (Lipinski definition) is 1. The summed E-state index contributed by atoms with van der Waals surface area (Å²) in [6, 6.07) is 8.77. The van der Waals surface area contributed by atoms with Crippen LogP contribution in [0, 0.1) is 11.8 Å². The minimum absolute atomic E-state index is 0.0447. The van der Waals surface area contributed by atoms with E-state index in [1.807, 2.05) is 26.8 Å². The topological polar surface area (TPSA) is 55.8 Å². The fourth-order valence-electron chi connectivity index (χ4n) is 2.34. The minimum atomic E-state index is -1.06. The Morgan fingerprint density at radius 1 is 1.16 bits per heavy atom. The summed E-state index contributed by atoms with van der Waals surface area (Å²) in [6.07, 6.45) is -1.73. The van der Waals surface area contributed by atoms with Gasteiger partial charge in [-0.1, -0.05) is 32.0 Å². The first-order valence-electron chi connectivity index (χ1n) is 6.60. The monoisotopic (exact) mass is 264 g/mol. The van der Waals surface area contributed by atoms with Crippen molar-refractivity contribution in [3.8, 4) is 0 Å². The fraction of sp³-hybridized carbons (Fsp3) is 0.533. The van der Waals surface area contributed by atoms with Gasteiger partial charge in [0.25, 0.3) is 0 Å². The summed E-state index contributed by atoms with van der Waals surface area (Å²) < 4.78 is 10.8. The second-order valence-corrected chi connectivity index (χ2v) is 5.19. The van der Waals surface area contributed by atoms with Crippen molar-refractivity contribution in [2.45, 2.75) is 39.3 Å². The maximum Gasteiger partial charge on any atom is 0.338 e. The minimum Gasteiger partial charge on any atom is -0.453 e. The first kappa shape index (κ1) is 14.0. The third-order valence-corrected chi connectivity index (χ3v) is 3.98. The van der Waals surface area contributed by atoms with E-state index in [0.29, 0.717) is 5.56 Å². The Labute approximate surface area is 113 Å². The Bertz CT molecular complexity index is 431. The fourth-order valence-corrected chi connectivity index (χ4v) is 2.34. The molecule has 2 unspecified atom stereocenters. The van der Waals surface area contributed by atoms with Crippen LogP contribution in [-0.2, 0) is 9.47 Å². The standard InChI is InChI=1S/C15H20O4/c1-9-10(2)13(15(17)18-11(9)3)19-14(16)12-7-5-4-6-8-12/h4-11,13,15,17H,1-3H3/t9-,10+,11?,13?,15-/m1/s1. The second kappa shape index (κ2) is 5.72. The molecule has 0 saturated carbocycles. The Kier molecular flexibility index (Phi) is 4.22. The van der Waals surface area contributed by atoms with E-state index >= 15 is 0 Å². The van der Waals surface area contributed by atoms with Crippen LogP contribution in [0.2, 0.25) is 0 Å². The predicted octanol–water partition coefficient (Wildman–Crippen LogP) is 2.22. The molecule has 1 aromatic rings. The van der Waals surface area contributed by atoms with Gasteiger partial charge in [-0.25, -0.2) is 4.79 Å². The van der Waals surface area contributed by atoms with Crippen molar-refractivity contribution in [2.75, 3.05) is 0 Å². The number of carbonyl (C=O) groups excluding carboxylic acids is 1. The first-order valence-corrected chi connectivity index (χ1v) is 6.60. The molecule has 0 amide bonds. The number of hydrogen-bond acceptors (Lipinski definition) is 4. The molecule has 0 spiro atoms. The molecule has 0 radical (unpaired) electrons. The van der Waals surface area contributed by atoms with Gasteiger partial charge in [0.2, 0.25) is 0 Å². The van der Waals surface area contributed by atoms with Gasteiger partial charge >= 0.3 is 5.97 Å². The molecular formula is C15H20O4. The van der Waals surface area contributed by atoms with Gasteiger partial charge in [0.1, 0.15) is 0 Å². The van der Waals surface area contributed by atoms with Gasteiger partial charge in [0.05, 0.1) is 11.7 Å². The molecule has 1 saturated heterocycles. The molecule has 0 bridgehead atoms. The molecule has 104 valence electrons. The quantitative estimate of drug-likeness (QED) is 0.832. The highest BCUT2D eigenvalue weighted by atomic mass is 16.6. The van der Waals surface area contributed by atoms with Gasteiger partial charge < -0.3 is 14.6 Å². The van der Waals surface area contributed by atoms with Crippen molar-refractivity contribution in [3.05, 3.63) is 35.9 Å². The van der Waals surface area contributed by atoms with E-state index in [1.54, 1.807) is 24.3 Å². The number of carbonyl (C=O) groups is 1. The van der Waals surface area contributed by atoms with E-state index in [1.165, 1.54) is 0 Å². The summed E-state index contributed by atoms with van der Waals surface area (Å²) in [5, 5.41) is 9.92. The molecule has 1 N–H and O–H groups in total. The Hall–Kier alpha value is -1.39. The summed E-state index contributed by atoms with van der Waals surface area (Å²) >= 11 is 0. The summed E-state index contributed by atoms with van der Waals surface area (Å²) in [7, 11) is 0. The zero-order chi connectivity index (χ0) is 14.0. The van der Waals surface area contributed by atoms with Gasteiger partial charge in [-0.2, -0.15) is 0 Å². The van der Waals surface area contributed by atoms with Crippen LogP contribution in [0.15, 0.2) is 30.3 Å². The first-order chi connectivity index (χ1) is 9.00. The third-order valence-electron chi connectivity index (χ3n) is 3.98. The van der Waals surface area contributed by atoms with Crippen molar-refractivity contribution in [2.24, 2.45) is 11.8 Å². The average molecular weight is 264 g/mol. The lowest BCUT2D eigenvalue weighted by atomic mass is 9.84. The lowest BCUT2D eigenvalue weighted by Gasteiger charge is -2.40. The van der Waals surface area contributed by atoms with Crippen molar-refractivity contribution in [1.29, 1.82) is 0 Å². The Morgan fingerprint density at radius 2 is 1.79 bits per heavy atom. The summed E-state index contributed by atoms with van der Waals surface area (Å²) in [5.41, 5.74) is 0.480. The van der Waals surface area contributed by atoms with Gasteiger partial charge in [0, 0.05) is 5.92 Å². The molecule has 1 aromatic carbocycles. The highest BCUT2D eigenvalue weighted by molar-refractivity contribution is 5.89. The maximum absolute atomic E-state index is 12.0. The van der Waals surface area contributed by atoms with Crippen molar-refractivity contribution >= 4 is 5.97 Å². The van der Waals surface area contributed by atoms with E-state index in [0.717, 1.165) is 0 Å². The molecule has 1 fully saturated rings. The van der Waals surface area contributed by atoms with Crippen LogP contribution in [0.3, 0.4) is 0 Å². The number of rotatable bonds is 2. The van der Waals surface area contributed by atoms with Crippen molar-refractivity contribution in [3.63, 3.8) is 0 Å². The van der Waals surface area contributed by atoms with Crippen LogP contribution in [0.5, 0.6) is 0 Å². The van der Waals surface area contributed by atoms with Crippen LogP contribution < -0.4 is 0 Å². The zero-order valence-electron chi connectivity index (χ0n) is 11.4. The molecule has 0 aliphatic carbocycles. The van der Waals surface area contributed by atoms with Crippen LogP contribution in [0.4, 0.5) is 0 Å². The molecule has 1 aliphatic rings. The lowest BCUT2D eigenvalue weighted by molar-refractivity contribution is -0.245. The number of aliphatic hydroxyl groups is 1. The Balaban J connectivity index is 2.08. The molecule has 4 heteroatoms. The van der Waals surface area contributed by atoms with Gasteiger partial charge in [-0.3, -0.25) is 0 Å². The molecule has 2 rings (SSSR count). The average Bonchev–Trinajstić information content (AvgIpc) is 2.42. The third kappa shape index (κ3) is 2.96. The second-order valence-electron chi connectivity index (χ2n) is 5.19. The number of benzene rings is 1. The Morgan fingerprint density at radius 3 is 2.42 bits per heavy atom. The summed E-state index contributed by atoms with van der Waals surface area (Å²) in [4.78, 5) is 12.0. The summed E-state index contributed by atoms with van der Waals surface area (Å²) in [5.74, 6) is -0.162. The largest absolute Gasteiger partial charge is 0.453 e. The van der Waals surface area contributed by atoms with Crippen LogP contribution in [-0.4, -0.2) is 29.6 Å². The van der Waals surface area contributed by atoms with Gasteiger partial charge in [-0.15, -0.1) is 0 Å². The van der Waals surface area contributed by atoms with E-state index in [-0.39, 0.29) is 17.9 Å². The number of ether oxygens (including phenoxy) is 2.